The molecule has 2 heterocycles. The van der Waals surface area contributed by atoms with Gasteiger partial charge in [0.05, 0.1) is 7.11 Å². The molecule has 0 saturated carbocycles. The summed E-state index contributed by atoms with van der Waals surface area (Å²) in [5, 5.41) is 6.63. The summed E-state index contributed by atoms with van der Waals surface area (Å²) in [6.07, 6.45) is 4.22. The molecule has 0 aliphatic carbocycles. The Morgan fingerprint density at radius 1 is 1.62 bits per heavy atom. The van der Waals surface area contributed by atoms with Crippen LogP contribution in [-0.2, 0) is 0 Å². The molecule has 0 aromatic carbocycles. The zero-order valence-corrected chi connectivity index (χ0v) is 9.57. The molecule has 0 spiro atoms. The first kappa shape index (κ1) is 11.1. The Morgan fingerprint density at radius 3 is 3.31 bits per heavy atom. The van der Waals surface area contributed by atoms with Crippen molar-refractivity contribution in [3.63, 3.8) is 0 Å². The minimum absolute atomic E-state index is 0.597. The molecule has 2 rings (SSSR count). The van der Waals surface area contributed by atoms with Gasteiger partial charge in [0.1, 0.15) is 0 Å². The van der Waals surface area contributed by atoms with Gasteiger partial charge in [0.2, 0.25) is 11.8 Å². The van der Waals surface area contributed by atoms with Gasteiger partial charge in [-0.05, 0) is 31.8 Å². The molecule has 0 radical (unpaired) electrons. The summed E-state index contributed by atoms with van der Waals surface area (Å²) in [5.74, 6) is 1.91. The van der Waals surface area contributed by atoms with E-state index in [0.29, 0.717) is 17.7 Å². The summed E-state index contributed by atoms with van der Waals surface area (Å²) in [6.45, 7) is 3.14. The molecule has 1 aromatic heterocycles. The average molecular weight is 222 g/mol. The second-order valence-corrected chi connectivity index (χ2v) is 4.02. The number of hydrogen-bond acceptors (Lipinski definition) is 5. The van der Waals surface area contributed by atoms with Crippen molar-refractivity contribution in [1.29, 1.82) is 0 Å². The highest BCUT2D eigenvalue weighted by Crippen LogP contribution is 2.12. The molecule has 1 atom stereocenters. The van der Waals surface area contributed by atoms with E-state index >= 15 is 0 Å². The van der Waals surface area contributed by atoms with Crippen LogP contribution in [0.25, 0.3) is 0 Å². The van der Waals surface area contributed by atoms with E-state index in [2.05, 4.69) is 20.6 Å². The summed E-state index contributed by atoms with van der Waals surface area (Å²) in [5.41, 5.74) is 0. The highest BCUT2D eigenvalue weighted by Gasteiger charge is 2.12. The number of piperidine rings is 1. The van der Waals surface area contributed by atoms with Gasteiger partial charge in [-0.3, -0.25) is 0 Å². The topological polar surface area (TPSA) is 59.1 Å². The minimum atomic E-state index is 0.597. The van der Waals surface area contributed by atoms with E-state index in [-0.39, 0.29) is 0 Å². The van der Waals surface area contributed by atoms with Gasteiger partial charge in [-0.2, -0.15) is 4.98 Å². The second kappa shape index (κ2) is 5.65. The van der Waals surface area contributed by atoms with Gasteiger partial charge in [0.25, 0.3) is 0 Å². The fourth-order valence-electron chi connectivity index (χ4n) is 1.87. The van der Waals surface area contributed by atoms with E-state index in [9.17, 15) is 0 Å². The van der Waals surface area contributed by atoms with Crippen LogP contribution in [0.4, 0.5) is 5.95 Å². The Kier molecular flexibility index (Phi) is 3.93. The van der Waals surface area contributed by atoms with Crippen LogP contribution in [-0.4, -0.2) is 36.7 Å². The van der Waals surface area contributed by atoms with Gasteiger partial charge in [0.15, 0.2) is 0 Å². The zero-order valence-electron chi connectivity index (χ0n) is 9.57. The third-order valence-corrected chi connectivity index (χ3v) is 2.79. The molecule has 1 aliphatic heterocycles. The Morgan fingerprint density at radius 2 is 2.56 bits per heavy atom. The molecular weight excluding hydrogens is 204 g/mol. The number of methoxy groups -OCH3 is 1. The van der Waals surface area contributed by atoms with E-state index in [4.69, 9.17) is 4.74 Å². The Balaban J connectivity index is 1.83. The third-order valence-electron chi connectivity index (χ3n) is 2.79. The van der Waals surface area contributed by atoms with Crippen LogP contribution in [0.5, 0.6) is 5.88 Å². The van der Waals surface area contributed by atoms with E-state index in [0.717, 1.165) is 19.6 Å². The number of rotatable bonds is 4. The van der Waals surface area contributed by atoms with Gasteiger partial charge in [-0.15, -0.1) is 0 Å². The van der Waals surface area contributed by atoms with Crippen LogP contribution < -0.4 is 15.4 Å². The van der Waals surface area contributed by atoms with Crippen molar-refractivity contribution in [2.24, 2.45) is 5.92 Å². The first-order valence-electron chi connectivity index (χ1n) is 5.70. The molecule has 1 fully saturated rings. The first-order valence-corrected chi connectivity index (χ1v) is 5.70. The zero-order chi connectivity index (χ0) is 11.2. The van der Waals surface area contributed by atoms with Crippen LogP contribution in [0.15, 0.2) is 12.3 Å². The smallest absolute Gasteiger partial charge is 0.225 e. The maximum Gasteiger partial charge on any atom is 0.225 e. The minimum Gasteiger partial charge on any atom is -0.481 e. The number of anilines is 1. The van der Waals surface area contributed by atoms with Crippen LogP contribution in [0.3, 0.4) is 0 Å². The lowest BCUT2D eigenvalue weighted by molar-refractivity contribution is 0.389. The van der Waals surface area contributed by atoms with Gasteiger partial charge in [0, 0.05) is 18.8 Å². The molecule has 5 nitrogen and oxygen atoms in total. The number of aromatic nitrogens is 2. The lowest BCUT2D eigenvalue weighted by Crippen LogP contribution is -2.33. The summed E-state index contributed by atoms with van der Waals surface area (Å²) in [4.78, 5) is 8.36. The fraction of sp³-hybridized carbons (Fsp3) is 0.636. The lowest BCUT2D eigenvalue weighted by Gasteiger charge is -2.22. The van der Waals surface area contributed by atoms with Crippen molar-refractivity contribution < 1.29 is 4.74 Å². The third kappa shape index (κ3) is 3.06. The molecule has 2 N–H and O–H groups in total. The SMILES string of the molecule is COc1ccnc(NCC2CCCNC2)n1. The van der Waals surface area contributed by atoms with Gasteiger partial charge in [-0.1, -0.05) is 0 Å². The number of ether oxygens (including phenoxy) is 1. The van der Waals surface area contributed by atoms with E-state index in [1.807, 2.05) is 0 Å². The van der Waals surface area contributed by atoms with Crippen molar-refractivity contribution in [2.45, 2.75) is 12.8 Å². The second-order valence-electron chi connectivity index (χ2n) is 4.02. The maximum absolute atomic E-state index is 5.04. The highest BCUT2D eigenvalue weighted by atomic mass is 16.5. The van der Waals surface area contributed by atoms with Crippen LogP contribution in [0, 0.1) is 5.92 Å². The van der Waals surface area contributed by atoms with Crippen molar-refractivity contribution >= 4 is 5.95 Å². The molecule has 16 heavy (non-hydrogen) atoms. The molecule has 5 heteroatoms. The Bertz CT molecular complexity index is 326. The first-order chi connectivity index (χ1) is 7.88. The normalized spacial score (nSPS) is 20.4. The van der Waals surface area contributed by atoms with Crippen molar-refractivity contribution in [3.05, 3.63) is 12.3 Å². The van der Waals surface area contributed by atoms with Crippen molar-refractivity contribution in [1.82, 2.24) is 15.3 Å². The monoisotopic (exact) mass is 222 g/mol. The van der Waals surface area contributed by atoms with Crippen molar-refractivity contribution in [3.8, 4) is 5.88 Å². The van der Waals surface area contributed by atoms with Crippen LogP contribution in [0.1, 0.15) is 12.8 Å². The Labute approximate surface area is 95.6 Å². The van der Waals surface area contributed by atoms with Crippen molar-refractivity contribution in [2.75, 3.05) is 32.1 Å². The van der Waals surface area contributed by atoms with E-state index in [1.165, 1.54) is 12.8 Å². The highest BCUT2D eigenvalue weighted by molar-refractivity contribution is 5.27. The number of hydrogen-bond donors (Lipinski definition) is 2. The predicted molar refractivity (Wildman–Crippen MR) is 62.7 cm³/mol. The fourth-order valence-corrected chi connectivity index (χ4v) is 1.87. The number of nitrogens with one attached hydrogen (secondary N) is 2. The summed E-state index contributed by atoms with van der Waals surface area (Å²) in [6, 6.07) is 1.74. The molecular formula is C11H18N4O. The number of nitrogens with zero attached hydrogens (tertiary/aromatic N) is 2. The van der Waals surface area contributed by atoms with Gasteiger partial charge < -0.3 is 15.4 Å². The van der Waals surface area contributed by atoms with E-state index < -0.39 is 0 Å². The molecule has 1 saturated heterocycles. The average Bonchev–Trinajstić information content (AvgIpc) is 2.38. The largest absolute Gasteiger partial charge is 0.481 e. The summed E-state index contributed by atoms with van der Waals surface area (Å²) >= 11 is 0. The van der Waals surface area contributed by atoms with Crippen LogP contribution in [0.2, 0.25) is 0 Å². The standard InChI is InChI=1S/C11H18N4O/c1-16-10-4-6-13-11(15-10)14-8-9-3-2-5-12-7-9/h4,6,9,12H,2-3,5,7-8H2,1H3,(H,13,14,15). The predicted octanol–water partition coefficient (Wildman–Crippen LogP) is 0.897. The lowest BCUT2D eigenvalue weighted by atomic mass is 10.00. The van der Waals surface area contributed by atoms with Gasteiger partial charge >= 0.3 is 0 Å². The molecule has 1 unspecified atom stereocenters. The molecule has 88 valence electrons. The Hall–Kier alpha value is -1.36. The van der Waals surface area contributed by atoms with Gasteiger partial charge in [-0.25, -0.2) is 4.98 Å². The molecule has 1 aromatic rings. The molecule has 0 bridgehead atoms. The molecule has 0 amide bonds. The van der Waals surface area contributed by atoms with Crippen LogP contribution >= 0.6 is 0 Å². The maximum atomic E-state index is 5.04. The quantitative estimate of drug-likeness (QED) is 0.792. The summed E-state index contributed by atoms with van der Waals surface area (Å²) in [7, 11) is 1.61. The summed E-state index contributed by atoms with van der Waals surface area (Å²) < 4.78 is 5.04. The molecule has 1 aliphatic rings. The van der Waals surface area contributed by atoms with E-state index in [1.54, 1.807) is 19.4 Å².